The third kappa shape index (κ3) is 4.14. The van der Waals surface area contributed by atoms with Crippen molar-refractivity contribution < 1.29 is 5.11 Å². The normalized spacial score (nSPS) is 13.4. The summed E-state index contributed by atoms with van der Waals surface area (Å²) in [5.41, 5.74) is 5.69. The van der Waals surface area contributed by atoms with Crippen molar-refractivity contribution in [3.05, 3.63) is 11.9 Å². The summed E-state index contributed by atoms with van der Waals surface area (Å²) >= 11 is 0. The molecule has 3 N–H and O–H groups in total. The topological polar surface area (TPSA) is 75.3 Å². The highest BCUT2D eigenvalue weighted by Gasteiger charge is 2.19. The van der Waals surface area contributed by atoms with Crippen LogP contribution in [0.3, 0.4) is 0 Å². The molecule has 5 heteroatoms. The molecule has 1 rings (SSSR count). The van der Waals surface area contributed by atoms with Crippen molar-refractivity contribution >= 4 is 11.6 Å². The Balaban J connectivity index is 2.92. The lowest BCUT2D eigenvalue weighted by Crippen LogP contribution is -2.25. The standard InChI is InChI=1S/C13H24N4O/c1-9(18)6-7-17(5)11-8-10(14)15-12(16-11)13(2,3)4/h8-9,18H,6-7H2,1-5H3,(H2,14,15,16). The lowest BCUT2D eigenvalue weighted by atomic mass is 9.96. The summed E-state index contributed by atoms with van der Waals surface area (Å²) in [6.07, 6.45) is 0.388. The number of nitrogens with two attached hydrogens (primary N) is 1. The maximum Gasteiger partial charge on any atom is 0.138 e. The molecule has 0 saturated carbocycles. The van der Waals surface area contributed by atoms with Crippen LogP contribution in [0.25, 0.3) is 0 Å². The first-order chi connectivity index (χ1) is 8.20. The lowest BCUT2D eigenvalue weighted by molar-refractivity contribution is 0.187. The van der Waals surface area contributed by atoms with Crippen molar-refractivity contribution in [3.8, 4) is 0 Å². The summed E-state index contributed by atoms with van der Waals surface area (Å²) in [6.45, 7) is 8.69. The van der Waals surface area contributed by atoms with Gasteiger partial charge in [0.15, 0.2) is 0 Å². The van der Waals surface area contributed by atoms with E-state index in [1.807, 2.05) is 11.9 Å². The Hall–Kier alpha value is -1.36. The lowest BCUT2D eigenvalue weighted by Gasteiger charge is -2.23. The van der Waals surface area contributed by atoms with E-state index < -0.39 is 0 Å². The van der Waals surface area contributed by atoms with Gasteiger partial charge in [0.1, 0.15) is 17.5 Å². The number of nitrogens with zero attached hydrogens (tertiary/aromatic N) is 3. The largest absolute Gasteiger partial charge is 0.393 e. The molecule has 5 nitrogen and oxygen atoms in total. The highest BCUT2D eigenvalue weighted by atomic mass is 16.3. The first-order valence-corrected chi connectivity index (χ1v) is 6.24. The molecule has 1 aromatic rings. The molecule has 0 saturated heterocycles. The van der Waals surface area contributed by atoms with Crippen molar-refractivity contribution in [1.29, 1.82) is 0 Å². The van der Waals surface area contributed by atoms with E-state index in [1.54, 1.807) is 13.0 Å². The minimum Gasteiger partial charge on any atom is -0.393 e. The first-order valence-electron chi connectivity index (χ1n) is 6.24. The predicted molar refractivity (Wildman–Crippen MR) is 74.7 cm³/mol. The zero-order valence-electron chi connectivity index (χ0n) is 11.9. The number of aromatic nitrogens is 2. The number of rotatable bonds is 4. The second-order valence-electron chi connectivity index (χ2n) is 5.78. The van der Waals surface area contributed by atoms with Crippen molar-refractivity contribution in [1.82, 2.24) is 9.97 Å². The molecule has 0 aliphatic carbocycles. The SMILES string of the molecule is CC(O)CCN(C)c1cc(N)nc(C(C)(C)C)n1. The third-order valence-corrected chi connectivity index (χ3v) is 2.68. The van der Waals surface area contributed by atoms with E-state index in [9.17, 15) is 5.11 Å². The van der Waals surface area contributed by atoms with Gasteiger partial charge in [-0.2, -0.15) is 0 Å². The van der Waals surface area contributed by atoms with Crippen LogP contribution in [-0.4, -0.2) is 34.8 Å². The number of aliphatic hydroxyl groups excluding tert-OH is 1. The smallest absolute Gasteiger partial charge is 0.138 e. The Labute approximate surface area is 109 Å². The molecule has 0 aliphatic heterocycles. The Morgan fingerprint density at radius 1 is 1.39 bits per heavy atom. The Kier molecular flexibility index (Phi) is 4.51. The monoisotopic (exact) mass is 252 g/mol. The minimum absolute atomic E-state index is 0.130. The summed E-state index contributed by atoms with van der Waals surface area (Å²) in [7, 11) is 1.94. The molecule has 1 atom stereocenters. The fourth-order valence-corrected chi connectivity index (χ4v) is 1.48. The third-order valence-electron chi connectivity index (χ3n) is 2.68. The summed E-state index contributed by atoms with van der Waals surface area (Å²) in [4.78, 5) is 10.8. The van der Waals surface area contributed by atoms with Gasteiger partial charge in [0.2, 0.25) is 0 Å². The van der Waals surface area contributed by atoms with Crippen LogP contribution in [-0.2, 0) is 5.41 Å². The molecule has 0 bridgehead atoms. The van der Waals surface area contributed by atoms with E-state index in [-0.39, 0.29) is 11.5 Å². The minimum atomic E-state index is -0.311. The number of aliphatic hydroxyl groups is 1. The highest BCUT2D eigenvalue weighted by molar-refractivity contribution is 5.47. The molecule has 1 aromatic heterocycles. The Morgan fingerprint density at radius 3 is 2.50 bits per heavy atom. The van der Waals surface area contributed by atoms with Crippen LogP contribution < -0.4 is 10.6 Å². The summed E-state index contributed by atoms with van der Waals surface area (Å²) in [6, 6.07) is 1.76. The fourth-order valence-electron chi connectivity index (χ4n) is 1.48. The van der Waals surface area contributed by atoms with Gasteiger partial charge in [0, 0.05) is 25.1 Å². The van der Waals surface area contributed by atoms with Gasteiger partial charge in [0.05, 0.1) is 6.10 Å². The number of anilines is 2. The van der Waals surface area contributed by atoms with Crippen LogP contribution in [0.4, 0.5) is 11.6 Å². The quantitative estimate of drug-likeness (QED) is 0.850. The predicted octanol–water partition coefficient (Wildman–Crippen LogP) is 1.56. The van der Waals surface area contributed by atoms with E-state index in [0.29, 0.717) is 12.2 Å². The summed E-state index contributed by atoms with van der Waals surface area (Å²) in [5.74, 6) is 2.02. The Bertz CT molecular complexity index is 398. The zero-order valence-corrected chi connectivity index (χ0v) is 11.9. The number of hydrogen-bond donors (Lipinski definition) is 2. The molecular formula is C13H24N4O. The number of nitrogen functional groups attached to an aromatic ring is 1. The summed E-state index contributed by atoms with van der Waals surface area (Å²) in [5, 5.41) is 9.30. The van der Waals surface area contributed by atoms with Gasteiger partial charge in [-0.3, -0.25) is 0 Å². The van der Waals surface area contributed by atoms with Crippen LogP contribution in [0, 0.1) is 0 Å². The van der Waals surface area contributed by atoms with E-state index >= 15 is 0 Å². The van der Waals surface area contributed by atoms with Gasteiger partial charge >= 0.3 is 0 Å². The van der Waals surface area contributed by atoms with Gasteiger partial charge in [-0.05, 0) is 13.3 Å². The molecule has 1 unspecified atom stereocenters. The molecule has 18 heavy (non-hydrogen) atoms. The summed E-state index contributed by atoms with van der Waals surface area (Å²) < 4.78 is 0. The van der Waals surface area contributed by atoms with Gasteiger partial charge in [-0.15, -0.1) is 0 Å². The average molecular weight is 252 g/mol. The fraction of sp³-hybridized carbons (Fsp3) is 0.692. The average Bonchev–Trinajstić information content (AvgIpc) is 2.23. The van der Waals surface area contributed by atoms with E-state index in [1.165, 1.54) is 0 Å². The molecule has 1 heterocycles. The number of hydrogen-bond acceptors (Lipinski definition) is 5. The zero-order chi connectivity index (χ0) is 13.9. The molecular weight excluding hydrogens is 228 g/mol. The van der Waals surface area contributed by atoms with Crippen LogP contribution >= 0.6 is 0 Å². The van der Waals surface area contributed by atoms with Gasteiger partial charge in [-0.25, -0.2) is 9.97 Å². The van der Waals surface area contributed by atoms with Crippen molar-refractivity contribution in [2.75, 3.05) is 24.2 Å². The molecule has 0 spiro atoms. The van der Waals surface area contributed by atoms with Crippen LogP contribution in [0.2, 0.25) is 0 Å². The maximum absolute atomic E-state index is 9.30. The van der Waals surface area contributed by atoms with Crippen LogP contribution in [0.1, 0.15) is 39.9 Å². The van der Waals surface area contributed by atoms with E-state index in [2.05, 4.69) is 30.7 Å². The van der Waals surface area contributed by atoms with E-state index in [0.717, 1.165) is 18.2 Å². The van der Waals surface area contributed by atoms with Gasteiger partial charge < -0.3 is 15.7 Å². The van der Waals surface area contributed by atoms with Crippen molar-refractivity contribution in [2.24, 2.45) is 0 Å². The first kappa shape index (κ1) is 14.7. The van der Waals surface area contributed by atoms with Crippen molar-refractivity contribution in [2.45, 2.75) is 45.6 Å². The van der Waals surface area contributed by atoms with Crippen molar-refractivity contribution in [3.63, 3.8) is 0 Å². The molecule has 0 aliphatic rings. The molecule has 102 valence electrons. The molecule has 0 fully saturated rings. The van der Waals surface area contributed by atoms with E-state index in [4.69, 9.17) is 5.73 Å². The van der Waals surface area contributed by atoms with Gasteiger partial charge in [-0.1, -0.05) is 20.8 Å². The second-order valence-corrected chi connectivity index (χ2v) is 5.78. The van der Waals surface area contributed by atoms with Crippen LogP contribution in [0.15, 0.2) is 6.07 Å². The molecule has 0 aromatic carbocycles. The van der Waals surface area contributed by atoms with Gasteiger partial charge in [0.25, 0.3) is 0 Å². The second kappa shape index (κ2) is 5.52. The Morgan fingerprint density at radius 2 is 2.00 bits per heavy atom. The van der Waals surface area contributed by atoms with Crippen LogP contribution in [0.5, 0.6) is 0 Å². The maximum atomic E-state index is 9.30. The molecule has 0 amide bonds. The highest BCUT2D eigenvalue weighted by Crippen LogP contribution is 2.22. The molecule has 0 radical (unpaired) electrons.